The Hall–Kier alpha value is -3.19. The number of halogens is 1. The summed E-state index contributed by atoms with van der Waals surface area (Å²) in [6.45, 7) is 0.119. The van der Waals surface area contributed by atoms with Crippen LogP contribution >= 0.6 is 11.6 Å². The van der Waals surface area contributed by atoms with Crippen LogP contribution in [-0.2, 0) is 11.3 Å². The number of esters is 1. The summed E-state index contributed by atoms with van der Waals surface area (Å²) in [6, 6.07) is 14.0. The SMILES string of the molecule is O=C(OCc1ccccc1)c1cnn2c1n[n+]([O-])c1ccc(Cl)cc12. The Kier molecular flexibility index (Phi) is 3.70. The van der Waals surface area contributed by atoms with Crippen molar-refractivity contribution < 1.29 is 14.4 Å². The van der Waals surface area contributed by atoms with Crippen molar-refractivity contribution in [1.82, 2.24) is 14.7 Å². The molecular formula is C17H11ClN4O3. The molecule has 0 bridgehead atoms. The van der Waals surface area contributed by atoms with Crippen LogP contribution in [0.15, 0.2) is 54.7 Å². The highest BCUT2D eigenvalue weighted by molar-refractivity contribution is 6.31. The van der Waals surface area contributed by atoms with Gasteiger partial charge in [0.15, 0.2) is 0 Å². The molecule has 124 valence electrons. The van der Waals surface area contributed by atoms with E-state index in [4.69, 9.17) is 16.3 Å². The smallest absolute Gasteiger partial charge is 0.344 e. The van der Waals surface area contributed by atoms with Crippen molar-refractivity contribution in [2.45, 2.75) is 6.61 Å². The molecule has 0 unspecified atom stereocenters. The lowest BCUT2D eigenvalue weighted by Crippen LogP contribution is -2.33. The van der Waals surface area contributed by atoms with E-state index in [2.05, 4.69) is 10.2 Å². The summed E-state index contributed by atoms with van der Waals surface area (Å²) in [7, 11) is 0. The number of nitrogens with zero attached hydrogens (tertiary/aromatic N) is 4. The first-order chi connectivity index (χ1) is 12.1. The molecule has 0 saturated carbocycles. The number of carbonyl (C=O) groups excluding carboxylic acids is 1. The Morgan fingerprint density at radius 2 is 2.04 bits per heavy atom. The van der Waals surface area contributed by atoms with Gasteiger partial charge in [-0.05, 0) is 22.5 Å². The normalized spacial score (nSPS) is 11.1. The van der Waals surface area contributed by atoms with Gasteiger partial charge in [-0.15, -0.1) is 0 Å². The minimum Gasteiger partial charge on any atom is -0.594 e. The van der Waals surface area contributed by atoms with Crippen LogP contribution < -0.4 is 4.85 Å². The first kappa shape index (κ1) is 15.3. The van der Waals surface area contributed by atoms with Crippen LogP contribution in [0.2, 0.25) is 5.02 Å². The van der Waals surface area contributed by atoms with E-state index in [0.29, 0.717) is 20.9 Å². The number of benzene rings is 2. The number of hydrogen-bond donors (Lipinski definition) is 0. The monoisotopic (exact) mass is 354 g/mol. The van der Waals surface area contributed by atoms with Crippen LogP contribution in [0.25, 0.3) is 16.7 Å². The van der Waals surface area contributed by atoms with E-state index in [0.717, 1.165) is 5.56 Å². The average molecular weight is 355 g/mol. The molecule has 0 fully saturated rings. The van der Waals surface area contributed by atoms with E-state index < -0.39 is 5.97 Å². The van der Waals surface area contributed by atoms with E-state index in [9.17, 15) is 10.0 Å². The predicted molar refractivity (Wildman–Crippen MR) is 90.0 cm³/mol. The molecule has 0 aliphatic carbocycles. The molecule has 0 spiro atoms. The number of rotatable bonds is 3. The fourth-order valence-electron chi connectivity index (χ4n) is 2.53. The van der Waals surface area contributed by atoms with Crippen LogP contribution in [-0.4, -0.2) is 20.7 Å². The first-order valence-corrected chi connectivity index (χ1v) is 7.79. The van der Waals surface area contributed by atoms with Crippen LogP contribution in [0.1, 0.15) is 15.9 Å². The Labute approximate surface area is 146 Å². The van der Waals surface area contributed by atoms with Gasteiger partial charge in [0, 0.05) is 16.2 Å². The molecule has 25 heavy (non-hydrogen) atoms. The van der Waals surface area contributed by atoms with Crippen molar-refractivity contribution in [3.8, 4) is 0 Å². The molecule has 0 N–H and O–H groups in total. The topological polar surface area (TPSA) is 83.4 Å². The molecule has 2 heterocycles. The first-order valence-electron chi connectivity index (χ1n) is 7.41. The molecule has 8 heteroatoms. The Morgan fingerprint density at radius 3 is 2.84 bits per heavy atom. The van der Waals surface area contributed by atoms with Crippen molar-refractivity contribution in [2.24, 2.45) is 0 Å². The highest BCUT2D eigenvalue weighted by Crippen LogP contribution is 2.19. The summed E-state index contributed by atoms with van der Waals surface area (Å²) < 4.78 is 6.68. The summed E-state index contributed by atoms with van der Waals surface area (Å²) >= 11 is 5.99. The lowest BCUT2D eigenvalue weighted by atomic mass is 10.2. The summed E-state index contributed by atoms with van der Waals surface area (Å²) in [5.41, 5.74) is 1.83. The number of carbonyl (C=O) groups is 1. The van der Waals surface area contributed by atoms with E-state index in [1.165, 1.54) is 10.7 Å². The van der Waals surface area contributed by atoms with Gasteiger partial charge in [0.25, 0.3) is 5.52 Å². The highest BCUT2D eigenvalue weighted by Gasteiger charge is 2.21. The minimum atomic E-state index is -0.604. The van der Waals surface area contributed by atoms with E-state index in [-0.39, 0.29) is 17.8 Å². The quantitative estimate of drug-likeness (QED) is 0.321. The van der Waals surface area contributed by atoms with E-state index >= 15 is 0 Å². The second kappa shape index (κ2) is 6.03. The average Bonchev–Trinajstić information content (AvgIpc) is 3.04. The third kappa shape index (κ3) is 2.74. The Balaban J connectivity index is 1.73. The largest absolute Gasteiger partial charge is 0.594 e. The molecule has 4 rings (SSSR count). The fourth-order valence-corrected chi connectivity index (χ4v) is 2.69. The van der Waals surface area contributed by atoms with Gasteiger partial charge in [-0.25, -0.2) is 9.31 Å². The van der Waals surface area contributed by atoms with Gasteiger partial charge in [-0.3, -0.25) is 0 Å². The van der Waals surface area contributed by atoms with Crippen LogP contribution in [0.5, 0.6) is 0 Å². The number of ether oxygens (including phenoxy) is 1. The second-order valence-electron chi connectivity index (χ2n) is 5.36. The highest BCUT2D eigenvalue weighted by atomic mass is 35.5. The van der Waals surface area contributed by atoms with Crippen molar-refractivity contribution in [2.75, 3.05) is 0 Å². The van der Waals surface area contributed by atoms with Crippen molar-refractivity contribution in [1.29, 1.82) is 0 Å². The third-order valence-corrected chi connectivity index (χ3v) is 3.97. The number of aromatic nitrogens is 4. The molecule has 0 aliphatic rings. The molecule has 0 atom stereocenters. The molecule has 0 amide bonds. The zero-order valence-corrected chi connectivity index (χ0v) is 13.6. The van der Waals surface area contributed by atoms with Gasteiger partial charge < -0.3 is 9.94 Å². The van der Waals surface area contributed by atoms with Gasteiger partial charge in [0.2, 0.25) is 5.65 Å². The Morgan fingerprint density at radius 1 is 1.24 bits per heavy atom. The molecule has 0 aliphatic heterocycles. The van der Waals surface area contributed by atoms with Crippen LogP contribution in [0.4, 0.5) is 0 Å². The maximum atomic E-state index is 12.4. The molecule has 0 radical (unpaired) electrons. The lowest BCUT2D eigenvalue weighted by Gasteiger charge is -2.04. The van der Waals surface area contributed by atoms with E-state index in [1.54, 1.807) is 18.2 Å². The van der Waals surface area contributed by atoms with Crippen molar-refractivity contribution in [3.05, 3.63) is 76.1 Å². The van der Waals surface area contributed by atoms with Gasteiger partial charge in [-0.1, -0.05) is 41.9 Å². The fraction of sp³-hybridized carbons (Fsp3) is 0.0588. The maximum absolute atomic E-state index is 12.4. The zero-order valence-electron chi connectivity index (χ0n) is 12.8. The molecule has 7 nitrogen and oxygen atoms in total. The van der Waals surface area contributed by atoms with Gasteiger partial charge in [0.05, 0.1) is 6.20 Å². The van der Waals surface area contributed by atoms with Gasteiger partial charge in [0.1, 0.15) is 17.7 Å². The summed E-state index contributed by atoms with van der Waals surface area (Å²) in [6.07, 6.45) is 1.33. The van der Waals surface area contributed by atoms with E-state index in [1.807, 2.05) is 30.3 Å². The Bertz CT molecular complexity index is 1100. The lowest BCUT2D eigenvalue weighted by molar-refractivity contribution is -0.640. The number of hydrogen-bond acceptors (Lipinski definition) is 5. The third-order valence-electron chi connectivity index (χ3n) is 3.73. The van der Waals surface area contributed by atoms with Crippen LogP contribution in [0, 0.1) is 5.21 Å². The molecular weight excluding hydrogens is 344 g/mol. The standard InChI is InChI=1S/C17H11ClN4O3/c18-12-6-7-14-15(8-12)21-16(20-22(14)24)13(9-19-21)17(23)25-10-11-4-2-1-3-5-11/h1-9H,10H2. The van der Waals surface area contributed by atoms with Crippen molar-refractivity contribution in [3.63, 3.8) is 0 Å². The molecule has 2 aromatic heterocycles. The molecule has 4 aromatic rings. The summed E-state index contributed by atoms with van der Waals surface area (Å²) in [4.78, 5) is 12.8. The maximum Gasteiger partial charge on any atom is 0.344 e. The predicted octanol–water partition coefficient (Wildman–Crippen LogP) is 2.53. The molecule has 2 aromatic carbocycles. The van der Waals surface area contributed by atoms with Gasteiger partial charge >= 0.3 is 5.97 Å². The number of fused-ring (bicyclic) bond motifs is 3. The summed E-state index contributed by atoms with van der Waals surface area (Å²) in [5, 5.41) is 20.6. The minimum absolute atomic E-state index is 0.113. The van der Waals surface area contributed by atoms with Gasteiger partial charge in [-0.2, -0.15) is 5.10 Å². The van der Waals surface area contributed by atoms with Crippen molar-refractivity contribution >= 4 is 34.3 Å². The van der Waals surface area contributed by atoms with Crippen LogP contribution in [0.3, 0.4) is 0 Å². The second-order valence-corrected chi connectivity index (χ2v) is 5.80. The summed E-state index contributed by atoms with van der Waals surface area (Å²) in [5.74, 6) is -0.604. The molecule has 0 saturated heterocycles. The zero-order chi connectivity index (χ0) is 17.4.